The summed E-state index contributed by atoms with van der Waals surface area (Å²) in [6.45, 7) is 3.72. The monoisotopic (exact) mass is 410 g/mol. The summed E-state index contributed by atoms with van der Waals surface area (Å²) in [6, 6.07) is 15.0. The molecule has 0 saturated carbocycles. The molecule has 29 heavy (non-hydrogen) atoms. The van der Waals surface area contributed by atoms with Crippen LogP contribution in [0.3, 0.4) is 0 Å². The van der Waals surface area contributed by atoms with Crippen LogP contribution < -0.4 is 4.90 Å². The molecule has 0 aliphatic carbocycles. The van der Waals surface area contributed by atoms with E-state index in [2.05, 4.69) is 0 Å². The predicted molar refractivity (Wildman–Crippen MR) is 109 cm³/mol. The highest BCUT2D eigenvalue weighted by Crippen LogP contribution is 2.42. The lowest BCUT2D eigenvalue weighted by molar-refractivity contribution is -0.138. The van der Waals surface area contributed by atoms with Gasteiger partial charge in [-0.05, 0) is 55.7 Å². The molecule has 1 amide bonds. The number of nitrogens with zero attached hydrogens (tertiary/aromatic N) is 2. The number of benzene rings is 2. The molecule has 3 rings (SSSR count). The minimum atomic E-state index is -0.783. The number of hydrogen-bond acceptors (Lipinski definition) is 5. The second-order valence-electron chi connectivity index (χ2n) is 6.40. The van der Waals surface area contributed by atoms with Gasteiger partial charge in [-0.15, -0.1) is 0 Å². The lowest BCUT2D eigenvalue weighted by atomic mass is 10.0. The first-order valence-electron chi connectivity index (χ1n) is 9.08. The van der Waals surface area contributed by atoms with E-state index in [1.807, 2.05) is 37.3 Å². The van der Waals surface area contributed by atoms with Crippen LogP contribution in [0.2, 0.25) is 0 Å². The van der Waals surface area contributed by atoms with Crippen molar-refractivity contribution in [2.75, 3.05) is 11.5 Å². The zero-order valence-electron chi connectivity index (χ0n) is 16.0. The second kappa shape index (κ2) is 8.93. The topological polar surface area (TPSA) is 70.4 Å². The zero-order chi connectivity index (χ0) is 21.0. The number of aryl methyl sites for hydroxylation is 1. The van der Waals surface area contributed by atoms with Crippen molar-refractivity contribution in [3.63, 3.8) is 0 Å². The van der Waals surface area contributed by atoms with E-state index in [0.717, 1.165) is 22.9 Å². The molecule has 0 N–H and O–H groups in total. The van der Waals surface area contributed by atoms with Crippen LogP contribution >= 0.6 is 11.8 Å². The Morgan fingerprint density at radius 3 is 2.55 bits per heavy atom. The number of esters is 1. The summed E-state index contributed by atoms with van der Waals surface area (Å²) in [5, 5.41) is 9.27. The summed E-state index contributed by atoms with van der Waals surface area (Å²) in [5.41, 5.74) is 2.22. The van der Waals surface area contributed by atoms with Gasteiger partial charge in [0, 0.05) is 5.69 Å². The molecular formula is C22H19FN2O3S. The van der Waals surface area contributed by atoms with Gasteiger partial charge in [0.15, 0.2) is 5.57 Å². The lowest BCUT2D eigenvalue weighted by Crippen LogP contribution is -2.30. The first-order chi connectivity index (χ1) is 14.0. The van der Waals surface area contributed by atoms with Crippen LogP contribution in [0.4, 0.5) is 10.1 Å². The third kappa shape index (κ3) is 4.33. The number of nitriles is 1. The van der Waals surface area contributed by atoms with Crippen molar-refractivity contribution in [1.29, 1.82) is 5.26 Å². The van der Waals surface area contributed by atoms with Gasteiger partial charge in [0.25, 0.3) is 0 Å². The van der Waals surface area contributed by atoms with Gasteiger partial charge in [-0.3, -0.25) is 9.69 Å². The highest BCUT2D eigenvalue weighted by Gasteiger charge is 2.41. The molecule has 1 aliphatic heterocycles. The van der Waals surface area contributed by atoms with Gasteiger partial charge in [-0.25, -0.2) is 9.18 Å². The number of halogens is 1. The Kier molecular flexibility index (Phi) is 6.35. The smallest absolute Gasteiger partial charge is 0.351 e. The first kappa shape index (κ1) is 20.6. The molecule has 2 aromatic carbocycles. The van der Waals surface area contributed by atoms with Gasteiger partial charge in [-0.1, -0.05) is 36.0 Å². The Hall–Kier alpha value is -3.11. The second-order valence-corrected chi connectivity index (χ2v) is 7.59. The fourth-order valence-corrected chi connectivity index (χ4v) is 4.33. The molecule has 0 spiro atoms. The van der Waals surface area contributed by atoms with Crippen LogP contribution in [0.1, 0.15) is 18.1 Å². The van der Waals surface area contributed by atoms with Crippen molar-refractivity contribution >= 4 is 29.3 Å². The number of amides is 1. The molecule has 5 nitrogen and oxygen atoms in total. The average Bonchev–Trinajstić information content (AvgIpc) is 3.01. The van der Waals surface area contributed by atoms with Crippen LogP contribution in [-0.4, -0.2) is 23.7 Å². The minimum Gasteiger partial charge on any atom is -0.462 e. The standard InChI is InChI=1S/C22H19FN2O3S/c1-3-28-22(27)18(13-24)21-25(17-10-8-16(23)9-11-17)20(26)19(29-21)12-15-7-5-4-6-14(15)2/h4-11,19H,3,12H2,1-2H3. The normalized spacial score (nSPS) is 17.8. The number of ether oxygens (including phenoxy) is 1. The maximum Gasteiger partial charge on any atom is 0.351 e. The molecular weight excluding hydrogens is 391 g/mol. The third-order valence-corrected chi connectivity index (χ3v) is 5.77. The summed E-state index contributed by atoms with van der Waals surface area (Å²) in [6.07, 6.45) is 0.443. The fourth-order valence-electron chi connectivity index (χ4n) is 3.04. The number of rotatable bonds is 5. The molecule has 1 atom stereocenters. The van der Waals surface area contributed by atoms with Crippen molar-refractivity contribution in [2.45, 2.75) is 25.5 Å². The molecule has 0 bridgehead atoms. The van der Waals surface area contributed by atoms with Gasteiger partial charge in [0.05, 0.1) is 11.9 Å². The van der Waals surface area contributed by atoms with Gasteiger partial charge < -0.3 is 4.74 Å². The summed E-state index contributed by atoms with van der Waals surface area (Å²) < 4.78 is 18.4. The average molecular weight is 410 g/mol. The van der Waals surface area contributed by atoms with E-state index in [4.69, 9.17) is 4.74 Å². The van der Waals surface area contributed by atoms with E-state index in [-0.39, 0.29) is 23.1 Å². The van der Waals surface area contributed by atoms with E-state index >= 15 is 0 Å². The molecule has 1 heterocycles. The summed E-state index contributed by atoms with van der Waals surface area (Å²) >= 11 is 1.16. The largest absolute Gasteiger partial charge is 0.462 e. The predicted octanol–water partition coefficient (Wildman–Crippen LogP) is 4.12. The van der Waals surface area contributed by atoms with Crippen molar-refractivity contribution < 1.29 is 18.7 Å². The Bertz CT molecular complexity index is 1010. The molecule has 7 heteroatoms. The Balaban J connectivity index is 2.05. The Labute approximate surface area is 172 Å². The molecule has 1 fully saturated rings. The fraction of sp³-hybridized carbons (Fsp3) is 0.227. The lowest BCUT2D eigenvalue weighted by Gasteiger charge is -2.18. The highest BCUT2D eigenvalue weighted by atomic mass is 32.2. The Morgan fingerprint density at radius 2 is 1.93 bits per heavy atom. The van der Waals surface area contributed by atoms with Crippen LogP contribution in [-0.2, 0) is 20.7 Å². The summed E-state index contributed by atoms with van der Waals surface area (Å²) in [4.78, 5) is 26.8. The van der Waals surface area contributed by atoms with E-state index in [0.29, 0.717) is 12.1 Å². The van der Waals surface area contributed by atoms with Crippen molar-refractivity contribution in [2.24, 2.45) is 0 Å². The number of anilines is 1. The van der Waals surface area contributed by atoms with Crippen molar-refractivity contribution in [3.8, 4) is 6.07 Å². The van der Waals surface area contributed by atoms with Crippen LogP contribution in [0.5, 0.6) is 0 Å². The van der Waals surface area contributed by atoms with Gasteiger partial charge in [-0.2, -0.15) is 5.26 Å². The number of thioether (sulfide) groups is 1. The molecule has 148 valence electrons. The minimum absolute atomic E-state index is 0.110. The molecule has 1 unspecified atom stereocenters. The molecule has 2 aromatic rings. The van der Waals surface area contributed by atoms with Crippen LogP contribution in [0.25, 0.3) is 0 Å². The highest BCUT2D eigenvalue weighted by molar-refractivity contribution is 8.05. The number of carbonyl (C=O) groups is 2. The molecule has 0 aromatic heterocycles. The summed E-state index contributed by atoms with van der Waals surface area (Å²) in [7, 11) is 0. The zero-order valence-corrected chi connectivity index (χ0v) is 16.8. The maximum atomic E-state index is 13.4. The maximum absolute atomic E-state index is 13.4. The van der Waals surface area contributed by atoms with E-state index < -0.39 is 17.0 Å². The van der Waals surface area contributed by atoms with Crippen LogP contribution in [0, 0.1) is 24.1 Å². The van der Waals surface area contributed by atoms with Crippen molar-refractivity contribution in [1.82, 2.24) is 0 Å². The van der Waals surface area contributed by atoms with E-state index in [9.17, 15) is 19.2 Å². The first-order valence-corrected chi connectivity index (χ1v) is 9.96. The Morgan fingerprint density at radius 1 is 1.24 bits per heavy atom. The van der Waals surface area contributed by atoms with Gasteiger partial charge in [0.1, 0.15) is 16.9 Å². The molecule has 1 saturated heterocycles. The van der Waals surface area contributed by atoms with E-state index in [1.165, 1.54) is 29.2 Å². The summed E-state index contributed by atoms with van der Waals surface area (Å²) in [5.74, 6) is -1.49. The van der Waals surface area contributed by atoms with Gasteiger partial charge >= 0.3 is 5.97 Å². The molecule has 0 radical (unpaired) electrons. The van der Waals surface area contributed by atoms with Crippen molar-refractivity contribution in [3.05, 3.63) is 76.1 Å². The quantitative estimate of drug-likeness (QED) is 0.421. The van der Waals surface area contributed by atoms with Crippen LogP contribution in [0.15, 0.2) is 59.1 Å². The van der Waals surface area contributed by atoms with Gasteiger partial charge in [0.2, 0.25) is 5.91 Å². The van der Waals surface area contributed by atoms with E-state index in [1.54, 1.807) is 6.92 Å². The SMILES string of the molecule is CCOC(=O)C(C#N)=C1SC(Cc2ccccc2C)C(=O)N1c1ccc(F)cc1. The number of carbonyl (C=O) groups excluding carboxylic acids is 2. The molecule has 1 aliphatic rings. The third-order valence-electron chi connectivity index (χ3n) is 4.51. The number of hydrogen-bond donors (Lipinski definition) is 0.